The molecule has 9 aliphatic rings. The van der Waals surface area contributed by atoms with Crippen LogP contribution in [-0.4, -0.2) is 69.3 Å². The van der Waals surface area contributed by atoms with E-state index < -0.39 is 0 Å². The minimum Gasteiger partial charge on any atom is -0.394 e. The van der Waals surface area contributed by atoms with Crippen molar-refractivity contribution in [2.45, 2.75) is 146 Å². The van der Waals surface area contributed by atoms with Gasteiger partial charge in [-0.3, -0.25) is 42.5 Å². The largest absolute Gasteiger partial charge is 0.394 e. The van der Waals surface area contributed by atoms with Crippen molar-refractivity contribution in [3.8, 4) is 0 Å². The first kappa shape index (κ1) is 48.4. The van der Waals surface area contributed by atoms with E-state index in [4.69, 9.17) is 0 Å². The number of rotatable bonds is 0. The average Bonchev–Trinajstić information content (AvgIpc) is 4.13. The molecule has 4 aromatic rings. The summed E-state index contributed by atoms with van der Waals surface area (Å²) in [6, 6.07) is 22.0. The van der Waals surface area contributed by atoms with E-state index in [1.807, 2.05) is 48.5 Å². The predicted molar refractivity (Wildman–Crippen MR) is 249 cm³/mol. The summed E-state index contributed by atoms with van der Waals surface area (Å²) in [5, 5.41) is 33.7. The molecular formula is C52H71N12Zn-5. The van der Waals surface area contributed by atoms with Crippen LogP contribution in [0.3, 0.4) is 0 Å². The monoisotopic (exact) mass is 928 g/mol. The molecule has 12 nitrogen and oxygen atoms in total. The third-order valence-corrected chi connectivity index (χ3v) is 15.6. The van der Waals surface area contributed by atoms with Gasteiger partial charge < -0.3 is 26.4 Å². The van der Waals surface area contributed by atoms with Gasteiger partial charge in [-0.25, -0.2) is 0 Å². The Labute approximate surface area is 401 Å². The quantitative estimate of drug-likeness (QED) is 0.0780. The number of nitrogens with one attached hydrogen (secondary N) is 8. The molecule has 8 N–H and O–H groups in total. The van der Waals surface area contributed by atoms with Gasteiger partial charge in [-0.2, -0.15) is 79.2 Å². The summed E-state index contributed by atoms with van der Waals surface area (Å²) in [5.41, 5.74) is 0. The van der Waals surface area contributed by atoms with E-state index in [0.29, 0.717) is 61.2 Å². The summed E-state index contributed by atoms with van der Waals surface area (Å²) in [7, 11) is 0. The molecule has 0 spiro atoms. The molecule has 65 heavy (non-hydrogen) atoms. The van der Waals surface area contributed by atoms with Gasteiger partial charge in [-0.15, -0.1) is 5.92 Å². The number of hydrogen-bond donors (Lipinski definition) is 8. The maximum Gasteiger partial charge on any atom is 0.0628 e. The van der Waals surface area contributed by atoms with E-state index in [1.165, 1.54) is 96.3 Å². The van der Waals surface area contributed by atoms with Gasteiger partial charge in [0.2, 0.25) is 0 Å². The van der Waals surface area contributed by atoms with Gasteiger partial charge in [-0.1, -0.05) is 101 Å². The molecule has 346 valence electrons. The Balaban J connectivity index is 0.000000186. The number of pyridine rings is 4. The maximum absolute atomic E-state index is 4.25. The SMILES string of the molecule is [CH-]1CCCC2C3NC(NC4NC(NC5NC(NC6NC(N3)C3CCCCC63)C3CCCCC53)C3CCCCC43)C12.[Zn].[c-]1ccccn1.[c-]1ccccn1.[c-]1ccccn1.[c-]1ccccn1. The van der Waals surface area contributed by atoms with Crippen molar-refractivity contribution in [3.63, 3.8) is 0 Å². The molecular weight excluding hydrogens is 858 g/mol. The molecule has 0 amide bonds. The summed E-state index contributed by atoms with van der Waals surface area (Å²) in [4.78, 5) is 14.6. The van der Waals surface area contributed by atoms with Crippen molar-refractivity contribution in [3.05, 3.63) is 129 Å². The van der Waals surface area contributed by atoms with Crippen LogP contribution in [0.15, 0.2) is 97.6 Å². The van der Waals surface area contributed by atoms with Crippen LogP contribution in [0.1, 0.15) is 96.3 Å². The van der Waals surface area contributed by atoms with Gasteiger partial charge in [0.25, 0.3) is 0 Å². The average molecular weight is 930 g/mol. The van der Waals surface area contributed by atoms with Crippen LogP contribution in [0.4, 0.5) is 0 Å². The minimum absolute atomic E-state index is 0. The van der Waals surface area contributed by atoms with Crippen LogP contribution in [-0.2, 0) is 19.5 Å². The molecule has 13 heteroatoms. The van der Waals surface area contributed by atoms with Gasteiger partial charge in [0.05, 0.1) is 43.2 Å². The summed E-state index contributed by atoms with van der Waals surface area (Å²) in [6.07, 6.45) is 43.8. The Hall–Kier alpha value is -3.10. The van der Waals surface area contributed by atoms with Crippen LogP contribution in [0.5, 0.6) is 0 Å². The number of hydrogen-bond acceptors (Lipinski definition) is 12. The third kappa shape index (κ3) is 12.7. The molecule has 4 saturated carbocycles. The summed E-state index contributed by atoms with van der Waals surface area (Å²) >= 11 is 0. The van der Waals surface area contributed by atoms with Crippen molar-refractivity contribution < 1.29 is 19.5 Å². The van der Waals surface area contributed by atoms with Gasteiger partial charge >= 0.3 is 0 Å². The van der Waals surface area contributed by atoms with Crippen molar-refractivity contribution >= 4 is 0 Å². The van der Waals surface area contributed by atoms with E-state index in [9.17, 15) is 0 Å². The third-order valence-electron chi connectivity index (χ3n) is 15.6. The van der Waals surface area contributed by atoms with E-state index in [0.717, 1.165) is 35.5 Å². The van der Waals surface area contributed by atoms with Crippen molar-refractivity contribution in [2.75, 3.05) is 0 Å². The summed E-state index contributed by atoms with van der Waals surface area (Å²) in [5.74, 6) is 5.74. The fourth-order valence-corrected chi connectivity index (χ4v) is 12.8. The van der Waals surface area contributed by atoms with Crippen molar-refractivity contribution in [1.29, 1.82) is 0 Å². The Kier molecular flexibility index (Phi) is 18.8. The first-order chi connectivity index (χ1) is 31.8. The number of fused-ring (bicyclic) bond motifs is 20. The second-order valence-electron chi connectivity index (χ2n) is 19.2. The van der Waals surface area contributed by atoms with Gasteiger partial charge in [-0.05, 0) is 80.0 Å². The second kappa shape index (κ2) is 25.3. The number of nitrogens with zero attached hydrogens (tertiary/aromatic N) is 4. The van der Waals surface area contributed by atoms with Crippen LogP contribution in [0.2, 0.25) is 0 Å². The van der Waals surface area contributed by atoms with E-state index in [-0.39, 0.29) is 19.5 Å². The normalized spacial score (nSPS) is 38.4. The van der Waals surface area contributed by atoms with E-state index >= 15 is 0 Å². The first-order valence-corrected chi connectivity index (χ1v) is 24.8. The molecule has 0 aromatic carbocycles. The van der Waals surface area contributed by atoms with Crippen LogP contribution in [0.25, 0.3) is 0 Å². The minimum atomic E-state index is 0. The molecule has 16 unspecified atom stereocenters. The van der Waals surface area contributed by atoms with Crippen LogP contribution >= 0.6 is 0 Å². The van der Waals surface area contributed by atoms with Gasteiger partial charge in [0.15, 0.2) is 0 Å². The van der Waals surface area contributed by atoms with Crippen LogP contribution < -0.4 is 42.5 Å². The van der Waals surface area contributed by atoms with Crippen molar-refractivity contribution in [2.24, 2.45) is 47.3 Å². The topological polar surface area (TPSA) is 148 Å². The summed E-state index contributed by atoms with van der Waals surface area (Å²) < 4.78 is 0. The molecule has 16 atom stereocenters. The molecule has 5 aliphatic heterocycles. The molecule has 4 aliphatic carbocycles. The molecule has 8 bridgehead atoms. The van der Waals surface area contributed by atoms with Gasteiger partial charge in [0.1, 0.15) is 0 Å². The second-order valence-corrected chi connectivity index (χ2v) is 19.2. The molecule has 0 radical (unpaired) electrons. The number of aromatic nitrogens is 4. The molecule has 4 aromatic heterocycles. The zero-order valence-corrected chi connectivity index (χ0v) is 41.1. The Morgan fingerprint density at radius 2 is 0.585 bits per heavy atom. The standard InChI is InChI=1S/C32H55N8.4C5H4N.Zn/c1-2-10-18-17(9-1)25-33-26(18)38-28-21-13-5-6-14-22(21)30(35-28)40-32-24-16-8-7-15-23(24)31(36-32)39-29-20-12-4-3-11-19(20)27(34-29)37-25;4*1-2-4-6-5-3-1;/h9,17-40H,1-8,10-16H2;4*1-4H;/q5*-1;. The molecule has 9 heterocycles. The predicted octanol–water partition coefficient (Wildman–Crippen LogP) is 5.94. The zero-order chi connectivity index (χ0) is 43.2. The van der Waals surface area contributed by atoms with Gasteiger partial charge in [0, 0.05) is 25.6 Å². The Morgan fingerprint density at radius 1 is 0.323 bits per heavy atom. The molecule has 9 fully saturated rings. The van der Waals surface area contributed by atoms with Crippen LogP contribution in [0, 0.1) is 78.6 Å². The first-order valence-electron chi connectivity index (χ1n) is 24.8. The fraction of sp³-hybridized carbons (Fsp3) is 0.596. The fourth-order valence-electron chi connectivity index (χ4n) is 12.8. The molecule has 5 saturated heterocycles. The smallest absolute Gasteiger partial charge is 0.0628 e. The van der Waals surface area contributed by atoms with E-state index in [1.54, 1.807) is 49.1 Å². The molecule has 13 rings (SSSR count). The maximum atomic E-state index is 4.25. The van der Waals surface area contributed by atoms with Crippen molar-refractivity contribution in [1.82, 2.24) is 62.5 Å². The Morgan fingerprint density at radius 3 is 0.815 bits per heavy atom. The van der Waals surface area contributed by atoms with E-state index in [2.05, 4.69) is 93.7 Å². The zero-order valence-electron chi connectivity index (χ0n) is 38.2. The Bertz CT molecular complexity index is 1420. The summed E-state index contributed by atoms with van der Waals surface area (Å²) in [6.45, 7) is 0.